The van der Waals surface area contributed by atoms with E-state index in [0.29, 0.717) is 0 Å². The minimum absolute atomic E-state index is 0.0185. The first-order chi connectivity index (χ1) is 3.18. The van der Waals surface area contributed by atoms with Gasteiger partial charge in [-0.2, -0.15) is 0 Å². The third-order valence-corrected chi connectivity index (χ3v) is 1.09. The number of hydrogen-bond acceptors (Lipinski definition) is 2. The Hall–Kier alpha value is 0.132. The third-order valence-electron chi connectivity index (χ3n) is 0.547. The van der Waals surface area contributed by atoms with Crippen LogP contribution in [0.2, 0.25) is 0 Å². The fraction of sp³-hybridized carbons (Fsp3) is 0.750. The van der Waals surface area contributed by atoms with Crippen LogP contribution in [0.1, 0.15) is 13.8 Å². The number of hydrogen-bond donors (Lipinski definition) is 0. The Morgan fingerprint density at radius 1 is 1.71 bits per heavy atom. The van der Waals surface area contributed by atoms with Crippen LogP contribution in [0.5, 0.6) is 0 Å². The van der Waals surface area contributed by atoms with E-state index in [4.69, 9.17) is 0 Å². The van der Waals surface area contributed by atoms with Gasteiger partial charge in [0.15, 0.2) is 0 Å². The summed E-state index contributed by atoms with van der Waals surface area (Å²) in [6.45, 7) is 3.61. The molecule has 0 fully saturated rings. The molecule has 0 amide bonds. The van der Waals surface area contributed by atoms with Crippen LogP contribution < -0.4 is 0 Å². The summed E-state index contributed by atoms with van der Waals surface area (Å²) in [6.07, 6.45) is 0. The van der Waals surface area contributed by atoms with E-state index in [1.54, 1.807) is 13.8 Å². The maximum absolute atomic E-state index is 10.3. The second kappa shape index (κ2) is 3.18. The molecule has 0 N–H and O–H groups in total. The number of carbonyl (C=O) groups is 1. The Bertz CT molecular complexity index is 70.1. The van der Waals surface area contributed by atoms with Crippen LogP contribution in [-0.2, 0) is 27.8 Å². The minimum atomic E-state index is -0.128. The quantitative estimate of drug-likeness (QED) is 0.701. The molecular weight excluding hydrogens is 266 g/mol. The summed E-state index contributed by atoms with van der Waals surface area (Å²) < 4.78 is 4.43. The van der Waals surface area contributed by atoms with Crippen molar-refractivity contribution in [2.24, 2.45) is 5.92 Å². The van der Waals surface area contributed by atoms with Gasteiger partial charge in [0.05, 0.1) is 0 Å². The summed E-state index contributed by atoms with van der Waals surface area (Å²) in [5.74, 6) is -0.110. The zero-order valence-electron chi connectivity index (χ0n) is 4.27. The van der Waals surface area contributed by atoms with E-state index in [1.165, 1.54) is 0 Å². The summed E-state index contributed by atoms with van der Waals surface area (Å²) in [5, 5.41) is 0. The molecule has 0 aromatic carbocycles. The molecule has 0 bridgehead atoms. The first-order valence-electron chi connectivity index (χ1n) is 2.01. The summed E-state index contributed by atoms with van der Waals surface area (Å²) in [7, 11) is 0. The van der Waals surface area contributed by atoms with E-state index in [9.17, 15) is 4.79 Å². The van der Waals surface area contributed by atoms with Gasteiger partial charge < -0.3 is 0 Å². The molecule has 0 aliphatic rings. The molecule has 0 atom stereocenters. The summed E-state index contributed by atoms with van der Waals surface area (Å²) in [4.78, 5) is 10.3. The van der Waals surface area contributed by atoms with E-state index in [0.717, 1.165) is 19.6 Å². The van der Waals surface area contributed by atoms with Crippen LogP contribution in [-0.4, -0.2) is 5.97 Å². The van der Waals surface area contributed by atoms with Crippen LogP contribution in [0.25, 0.3) is 0 Å². The second-order valence-corrected chi connectivity index (χ2v) is 2.11. The van der Waals surface area contributed by atoms with E-state index >= 15 is 0 Å². The Kier molecular flexibility index (Phi) is 3.24. The van der Waals surface area contributed by atoms with Gasteiger partial charge in [-0.1, -0.05) is 0 Å². The molecule has 0 unspecified atom stereocenters. The van der Waals surface area contributed by atoms with Gasteiger partial charge in [-0.05, 0) is 0 Å². The molecule has 0 radical (unpaired) electrons. The van der Waals surface area contributed by atoms with Gasteiger partial charge in [-0.25, -0.2) is 0 Å². The Morgan fingerprint density at radius 3 is 2.14 bits per heavy atom. The Morgan fingerprint density at radius 2 is 2.14 bits per heavy atom. The first kappa shape index (κ1) is 7.13. The van der Waals surface area contributed by atoms with E-state index in [-0.39, 0.29) is 11.9 Å². The number of rotatable bonds is 1. The molecule has 0 rings (SSSR count). The van der Waals surface area contributed by atoms with Gasteiger partial charge in [-0.15, -0.1) is 0 Å². The van der Waals surface area contributed by atoms with Gasteiger partial charge in [0.1, 0.15) is 0 Å². The number of carbonyl (C=O) groups excluding carboxylic acids is 1. The fourth-order valence-electron chi connectivity index (χ4n) is 0.0891. The van der Waals surface area contributed by atoms with Crippen molar-refractivity contribution >= 4 is 5.97 Å². The molecule has 0 saturated heterocycles. The Labute approximate surface area is 54.1 Å². The Balaban J connectivity index is 3.35. The van der Waals surface area contributed by atoms with Gasteiger partial charge >= 0.3 is 53.6 Å². The van der Waals surface area contributed by atoms with Gasteiger partial charge in [0.2, 0.25) is 0 Å². The average molecular weight is 273 g/mol. The monoisotopic (exact) mass is 274 g/mol. The molecule has 0 saturated carbocycles. The topological polar surface area (TPSA) is 26.3 Å². The van der Waals surface area contributed by atoms with Crippen molar-refractivity contribution in [2.45, 2.75) is 13.8 Å². The van der Waals surface area contributed by atoms with Crippen molar-refractivity contribution in [3.05, 3.63) is 0 Å². The summed E-state index contributed by atoms with van der Waals surface area (Å²) in [5.41, 5.74) is 0. The van der Waals surface area contributed by atoms with Crippen LogP contribution in [0.3, 0.4) is 0 Å². The molecule has 0 aliphatic heterocycles. The zero-order chi connectivity index (χ0) is 5.86. The molecule has 42 valence electrons. The van der Waals surface area contributed by atoms with Gasteiger partial charge in [-0.3, -0.25) is 0 Å². The molecule has 2 nitrogen and oxygen atoms in total. The van der Waals surface area contributed by atoms with Crippen molar-refractivity contribution in [3.63, 3.8) is 0 Å². The first-order valence-corrected chi connectivity index (χ1v) is 3.11. The van der Waals surface area contributed by atoms with Crippen molar-refractivity contribution in [3.8, 4) is 0 Å². The van der Waals surface area contributed by atoms with Crippen LogP contribution in [0.15, 0.2) is 0 Å². The predicted octanol–water partition coefficient (Wildman–Crippen LogP) is 0.647. The second-order valence-electron chi connectivity index (χ2n) is 1.55. The van der Waals surface area contributed by atoms with E-state index < -0.39 is 0 Å². The van der Waals surface area contributed by atoms with Gasteiger partial charge in [0, 0.05) is 0 Å². The molecule has 7 heavy (non-hydrogen) atoms. The molecule has 3 heteroatoms. The zero-order valence-corrected chi connectivity index (χ0v) is 6.99. The van der Waals surface area contributed by atoms with Gasteiger partial charge in [0.25, 0.3) is 0 Å². The molecule has 0 aromatic rings. The molecule has 0 aromatic heterocycles. The third kappa shape index (κ3) is 2.78. The summed E-state index contributed by atoms with van der Waals surface area (Å²) >= 11 is 1.04. The predicted molar refractivity (Wildman–Crippen MR) is 20.9 cm³/mol. The fourth-order valence-corrected chi connectivity index (χ4v) is 0.729. The molecule has 0 aliphatic carbocycles. The van der Waals surface area contributed by atoms with Crippen molar-refractivity contribution < 1.29 is 27.8 Å². The van der Waals surface area contributed by atoms with Crippen LogP contribution >= 0.6 is 0 Å². The maximum atomic E-state index is 10.3. The molecule has 0 heterocycles. The van der Waals surface area contributed by atoms with Crippen LogP contribution in [0, 0.1) is 5.92 Å². The van der Waals surface area contributed by atoms with E-state index in [1.807, 2.05) is 0 Å². The molecule has 0 spiro atoms. The van der Waals surface area contributed by atoms with Crippen LogP contribution in [0.4, 0.5) is 0 Å². The standard InChI is InChI=1S/C4H8O2.Re/c1-3(2)4(5)6;/h3H,1-2H3,(H,5,6);/q;+1/p-1. The van der Waals surface area contributed by atoms with Crippen molar-refractivity contribution in [2.75, 3.05) is 0 Å². The van der Waals surface area contributed by atoms with Crippen molar-refractivity contribution in [1.82, 2.24) is 0 Å². The van der Waals surface area contributed by atoms with E-state index in [2.05, 4.69) is 3.46 Å². The average Bonchev–Trinajstić information content (AvgIpc) is 1.65. The van der Waals surface area contributed by atoms with Crippen molar-refractivity contribution in [1.29, 1.82) is 0 Å². The SMILES string of the molecule is CC(C)C(=O)[O][Re]. The summed E-state index contributed by atoms with van der Waals surface area (Å²) in [6, 6.07) is 0. The molecular formula is C4H7O2Re. The normalized spacial score (nSPS) is 9.14.